The number of benzene rings is 1. The van der Waals surface area contributed by atoms with Crippen LogP contribution in [0.4, 0.5) is 0 Å². The average Bonchev–Trinajstić information content (AvgIpc) is 2.41. The van der Waals surface area contributed by atoms with Crippen molar-refractivity contribution >= 4 is 5.91 Å². The van der Waals surface area contributed by atoms with Gasteiger partial charge >= 0.3 is 0 Å². The molecule has 0 aliphatic carbocycles. The molecule has 1 aromatic rings. The lowest BCUT2D eigenvalue weighted by Crippen LogP contribution is -2.36. The molecular weight excluding hydrogens is 246 g/mol. The number of phenolic OH excluding ortho intramolecular Hbond substituents is 1. The summed E-state index contributed by atoms with van der Waals surface area (Å²) in [6, 6.07) is 4.93. The smallest absolute Gasteiger partial charge is 0.254 e. The van der Waals surface area contributed by atoms with Gasteiger partial charge in [-0.15, -0.1) is 0 Å². The third kappa shape index (κ3) is 4.54. The molecule has 0 heterocycles. The van der Waals surface area contributed by atoms with Gasteiger partial charge in [-0.1, -0.05) is 6.07 Å². The van der Waals surface area contributed by atoms with E-state index in [1.807, 2.05) is 0 Å². The molecule has 0 saturated carbocycles. The van der Waals surface area contributed by atoms with Crippen molar-refractivity contribution in [2.45, 2.75) is 6.92 Å². The number of aromatic hydroxyl groups is 1. The Balaban J connectivity index is 2.81. The lowest BCUT2D eigenvalue weighted by atomic mass is 10.1. The van der Waals surface area contributed by atoms with E-state index < -0.39 is 0 Å². The summed E-state index contributed by atoms with van der Waals surface area (Å²) in [5.74, 6) is -0.00585. The number of carbonyl (C=O) groups is 1. The molecule has 0 radical (unpaired) electrons. The number of ether oxygens (including phenoxy) is 2. The summed E-state index contributed by atoms with van der Waals surface area (Å²) in [5.41, 5.74) is 1.21. The van der Waals surface area contributed by atoms with Gasteiger partial charge in [0.2, 0.25) is 0 Å². The van der Waals surface area contributed by atoms with E-state index in [1.165, 1.54) is 6.07 Å². The van der Waals surface area contributed by atoms with E-state index in [0.717, 1.165) is 5.56 Å². The first kappa shape index (κ1) is 15.5. The normalized spacial score (nSPS) is 10.5. The predicted octanol–water partition coefficient (Wildman–Crippen LogP) is 1.44. The van der Waals surface area contributed by atoms with Crippen molar-refractivity contribution in [3.8, 4) is 5.75 Å². The number of aryl methyl sites for hydroxylation is 1. The number of hydrogen-bond acceptors (Lipinski definition) is 4. The van der Waals surface area contributed by atoms with Gasteiger partial charge in [-0.2, -0.15) is 0 Å². The van der Waals surface area contributed by atoms with Crippen molar-refractivity contribution in [1.82, 2.24) is 4.90 Å². The van der Waals surface area contributed by atoms with Crippen LogP contribution >= 0.6 is 0 Å². The van der Waals surface area contributed by atoms with Crippen molar-refractivity contribution in [1.29, 1.82) is 0 Å². The summed E-state index contributed by atoms with van der Waals surface area (Å²) in [6.07, 6.45) is 0. The van der Waals surface area contributed by atoms with Gasteiger partial charge in [0.05, 0.1) is 13.2 Å². The Bertz CT molecular complexity index is 412. The summed E-state index contributed by atoms with van der Waals surface area (Å²) in [4.78, 5) is 14.0. The maximum absolute atomic E-state index is 12.3. The molecule has 0 aromatic heterocycles. The molecular formula is C14H21NO4. The van der Waals surface area contributed by atoms with Gasteiger partial charge in [0, 0.05) is 32.9 Å². The van der Waals surface area contributed by atoms with E-state index in [-0.39, 0.29) is 11.7 Å². The fraction of sp³-hybridized carbons (Fsp3) is 0.500. The number of nitrogens with zero attached hydrogens (tertiary/aromatic N) is 1. The van der Waals surface area contributed by atoms with Gasteiger partial charge < -0.3 is 19.5 Å². The van der Waals surface area contributed by atoms with Crippen molar-refractivity contribution < 1.29 is 19.4 Å². The van der Waals surface area contributed by atoms with E-state index in [1.54, 1.807) is 38.2 Å². The van der Waals surface area contributed by atoms with Gasteiger partial charge in [0.15, 0.2) is 0 Å². The van der Waals surface area contributed by atoms with Crippen LogP contribution in [0.1, 0.15) is 15.9 Å². The highest BCUT2D eigenvalue weighted by Gasteiger charge is 2.16. The number of carbonyl (C=O) groups excluding carboxylic acids is 1. The third-order valence-corrected chi connectivity index (χ3v) is 2.87. The monoisotopic (exact) mass is 267 g/mol. The summed E-state index contributed by atoms with van der Waals surface area (Å²) >= 11 is 0. The Morgan fingerprint density at radius 2 is 1.79 bits per heavy atom. The van der Waals surface area contributed by atoms with Crippen LogP contribution in [0, 0.1) is 6.92 Å². The molecule has 1 amide bonds. The minimum absolute atomic E-state index is 0.129. The molecule has 0 spiro atoms. The van der Waals surface area contributed by atoms with Gasteiger partial charge in [-0.3, -0.25) is 4.79 Å². The van der Waals surface area contributed by atoms with E-state index in [4.69, 9.17) is 9.47 Å². The van der Waals surface area contributed by atoms with E-state index in [0.29, 0.717) is 31.9 Å². The fourth-order valence-corrected chi connectivity index (χ4v) is 1.64. The lowest BCUT2D eigenvalue weighted by Gasteiger charge is -2.22. The molecule has 0 atom stereocenters. The minimum atomic E-state index is -0.135. The molecule has 1 aromatic carbocycles. The number of rotatable bonds is 7. The topological polar surface area (TPSA) is 59.0 Å². The van der Waals surface area contributed by atoms with Crippen LogP contribution in [-0.2, 0) is 9.47 Å². The highest BCUT2D eigenvalue weighted by Crippen LogP contribution is 2.18. The molecule has 5 heteroatoms. The van der Waals surface area contributed by atoms with E-state index >= 15 is 0 Å². The Morgan fingerprint density at radius 1 is 1.21 bits per heavy atom. The zero-order chi connectivity index (χ0) is 14.3. The third-order valence-electron chi connectivity index (χ3n) is 2.87. The molecule has 0 aliphatic heterocycles. The van der Waals surface area contributed by atoms with Gasteiger partial charge in [-0.25, -0.2) is 0 Å². The second-order valence-corrected chi connectivity index (χ2v) is 4.28. The van der Waals surface area contributed by atoms with Crippen molar-refractivity contribution in [3.05, 3.63) is 29.3 Å². The second kappa shape index (κ2) is 7.76. The average molecular weight is 267 g/mol. The number of methoxy groups -OCH3 is 2. The first-order chi connectivity index (χ1) is 9.10. The SMILES string of the molecule is COCCN(CCOC)C(=O)c1ccc(C)c(O)c1. The molecule has 1 rings (SSSR count). The van der Waals surface area contributed by atoms with Crippen LogP contribution in [0.2, 0.25) is 0 Å². The molecule has 106 valence electrons. The van der Waals surface area contributed by atoms with Crippen LogP contribution in [0.5, 0.6) is 5.75 Å². The van der Waals surface area contributed by atoms with Crippen LogP contribution in [0.15, 0.2) is 18.2 Å². The van der Waals surface area contributed by atoms with Crippen LogP contribution in [0.25, 0.3) is 0 Å². The number of amides is 1. The molecule has 0 saturated heterocycles. The summed E-state index contributed by atoms with van der Waals surface area (Å²) in [7, 11) is 3.19. The van der Waals surface area contributed by atoms with Crippen molar-refractivity contribution in [2.24, 2.45) is 0 Å². The standard InChI is InChI=1S/C14H21NO4/c1-11-4-5-12(10-13(11)16)14(17)15(6-8-18-2)7-9-19-3/h4-5,10,16H,6-9H2,1-3H3. The Hall–Kier alpha value is -1.59. The fourth-order valence-electron chi connectivity index (χ4n) is 1.64. The highest BCUT2D eigenvalue weighted by atomic mass is 16.5. The largest absolute Gasteiger partial charge is 0.508 e. The lowest BCUT2D eigenvalue weighted by molar-refractivity contribution is 0.0627. The molecule has 0 aliphatic rings. The van der Waals surface area contributed by atoms with Crippen LogP contribution in [0.3, 0.4) is 0 Å². The molecule has 1 N–H and O–H groups in total. The summed E-state index contributed by atoms with van der Waals surface area (Å²) in [6.45, 7) is 3.71. The molecule has 5 nitrogen and oxygen atoms in total. The van der Waals surface area contributed by atoms with Gasteiger partial charge in [0.1, 0.15) is 5.75 Å². The zero-order valence-corrected chi connectivity index (χ0v) is 11.7. The van der Waals surface area contributed by atoms with Crippen molar-refractivity contribution in [2.75, 3.05) is 40.5 Å². The quantitative estimate of drug-likeness (QED) is 0.812. The molecule has 0 unspecified atom stereocenters. The minimum Gasteiger partial charge on any atom is -0.508 e. The Kier molecular flexibility index (Phi) is 6.32. The predicted molar refractivity (Wildman–Crippen MR) is 72.5 cm³/mol. The summed E-state index contributed by atoms with van der Waals surface area (Å²) < 4.78 is 9.99. The maximum atomic E-state index is 12.3. The Morgan fingerprint density at radius 3 is 2.26 bits per heavy atom. The zero-order valence-electron chi connectivity index (χ0n) is 11.7. The van der Waals surface area contributed by atoms with Crippen LogP contribution < -0.4 is 0 Å². The number of phenols is 1. The highest BCUT2D eigenvalue weighted by molar-refractivity contribution is 5.94. The summed E-state index contributed by atoms with van der Waals surface area (Å²) in [5, 5.41) is 9.66. The molecule has 19 heavy (non-hydrogen) atoms. The van der Waals surface area contributed by atoms with E-state index in [2.05, 4.69) is 0 Å². The maximum Gasteiger partial charge on any atom is 0.254 e. The van der Waals surface area contributed by atoms with Gasteiger partial charge in [0.25, 0.3) is 5.91 Å². The number of hydrogen-bond donors (Lipinski definition) is 1. The van der Waals surface area contributed by atoms with Gasteiger partial charge in [-0.05, 0) is 24.6 Å². The second-order valence-electron chi connectivity index (χ2n) is 4.28. The molecule has 0 fully saturated rings. The Labute approximate surface area is 113 Å². The first-order valence-corrected chi connectivity index (χ1v) is 6.17. The first-order valence-electron chi connectivity index (χ1n) is 6.17. The van der Waals surface area contributed by atoms with Crippen LogP contribution in [-0.4, -0.2) is 56.4 Å². The molecule has 0 bridgehead atoms. The van der Waals surface area contributed by atoms with E-state index in [9.17, 15) is 9.90 Å². The van der Waals surface area contributed by atoms with Crippen molar-refractivity contribution in [3.63, 3.8) is 0 Å².